The number of fused-ring (bicyclic) bond motifs is 1. The molecule has 0 saturated heterocycles. The van der Waals surface area contributed by atoms with Gasteiger partial charge in [-0.3, -0.25) is 19.7 Å². The van der Waals surface area contributed by atoms with Crippen molar-refractivity contribution in [2.24, 2.45) is 0 Å². The second-order valence-corrected chi connectivity index (χ2v) is 7.45. The number of benzene rings is 2. The highest BCUT2D eigenvalue weighted by Crippen LogP contribution is 2.32. The maximum atomic E-state index is 13.1. The quantitative estimate of drug-likeness (QED) is 0.479. The molecule has 1 heterocycles. The molecule has 0 saturated carbocycles. The van der Waals surface area contributed by atoms with E-state index in [1.54, 1.807) is 30.3 Å². The van der Waals surface area contributed by atoms with Crippen molar-refractivity contribution in [3.63, 3.8) is 0 Å². The molecule has 2 aromatic carbocycles. The summed E-state index contributed by atoms with van der Waals surface area (Å²) in [6.45, 7) is 2.24. The third kappa shape index (κ3) is 3.80. The lowest BCUT2D eigenvalue weighted by molar-refractivity contribution is -0.384. The Morgan fingerprint density at radius 2 is 2.04 bits per heavy atom. The molecular formula is C19H18N2O5S. The molecule has 2 aromatic rings. The summed E-state index contributed by atoms with van der Waals surface area (Å²) in [6.07, 6.45) is 0. The zero-order chi connectivity index (χ0) is 19.6. The van der Waals surface area contributed by atoms with E-state index in [0.717, 1.165) is 5.56 Å². The Bertz CT molecular complexity index is 915. The molecule has 0 spiro atoms. The number of hydrogen-bond donors (Lipinski definition) is 1. The van der Waals surface area contributed by atoms with Crippen LogP contribution >= 0.6 is 11.8 Å². The van der Waals surface area contributed by atoms with Gasteiger partial charge in [0.25, 0.3) is 11.6 Å². The van der Waals surface area contributed by atoms with Crippen molar-refractivity contribution >= 4 is 29.3 Å². The summed E-state index contributed by atoms with van der Waals surface area (Å²) in [5, 5.41) is 20.7. The van der Waals surface area contributed by atoms with E-state index in [2.05, 4.69) is 0 Å². The van der Waals surface area contributed by atoms with Gasteiger partial charge in [-0.05, 0) is 22.9 Å². The van der Waals surface area contributed by atoms with Gasteiger partial charge < -0.3 is 10.0 Å². The number of carbonyl (C=O) groups is 2. The number of rotatable bonds is 5. The molecule has 0 bridgehead atoms. The minimum absolute atomic E-state index is 0.0318. The van der Waals surface area contributed by atoms with Crippen LogP contribution < -0.4 is 0 Å². The number of non-ortho nitro benzene ring substituents is 1. The lowest BCUT2D eigenvalue weighted by atomic mass is 9.89. The average molecular weight is 386 g/mol. The Balaban J connectivity index is 2.00. The van der Waals surface area contributed by atoms with Crippen molar-refractivity contribution in [3.8, 4) is 0 Å². The number of nitro benzene ring substituents is 1. The van der Waals surface area contributed by atoms with Gasteiger partial charge in [-0.1, -0.05) is 31.2 Å². The first-order valence-electron chi connectivity index (χ1n) is 8.43. The molecule has 8 heteroatoms. The Hall–Kier alpha value is -2.87. The number of hydrogen-bond acceptors (Lipinski definition) is 5. The predicted octanol–water partition coefficient (Wildman–Crippen LogP) is 3.53. The lowest BCUT2D eigenvalue weighted by Gasteiger charge is -2.33. The van der Waals surface area contributed by atoms with E-state index in [1.807, 2.05) is 6.92 Å². The van der Waals surface area contributed by atoms with Crippen LogP contribution in [0.25, 0.3) is 0 Å². The molecule has 140 valence electrons. The van der Waals surface area contributed by atoms with Crippen LogP contribution in [-0.4, -0.2) is 39.1 Å². The average Bonchev–Trinajstić information content (AvgIpc) is 2.66. The van der Waals surface area contributed by atoms with E-state index < -0.39 is 22.7 Å². The monoisotopic (exact) mass is 386 g/mol. The molecule has 1 aliphatic rings. The fourth-order valence-corrected chi connectivity index (χ4v) is 4.00. The molecule has 0 aromatic heterocycles. The van der Waals surface area contributed by atoms with Crippen LogP contribution in [0, 0.1) is 10.1 Å². The number of aliphatic carboxylic acids is 1. The van der Waals surface area contributed by atoms with Gasteiger partial charge in [-0.15, -0.1) is 11.8 Å². The first-order valence-corrected chi connectivity index (χ1v) is 9.42. The van der Waals surface area contributed by atoms with E-state index >= 15 is 0 Å². The summed E-state index contributed by atoms with van der Waals surface area (Å²) in [5.41, 5.74) is 1.56. The maximum absolute atomic E-state index is 13.1. The molecule has 0 fully saturated rings. The second kappa shape index (κ2) is 7.79. The molecule has 1 aliphatic heterocycles. The number of nitro groups is 1. The lowest BCUT2D eigenvalue weighted by Crippen LogP contribution is -2.40. The van der Waals surface area contributed by atoms with E-state index in [0.29, 0.717) is 16.2 Å². The second-order valence-electron chi connectivity index (χ2n) is 6.15. The van der Waals surface area contributed by atoms with Gasteiger partial charge in [0, 0.05) is 30.1 Å². The van der Waals surface area contributed by atoms with Crippen molar-refractivity contribution < 1.29 is 19.6 Å². The van der Waals surface area contributed by atoms with Crippen molar-refractivity contribution in [2.45, 2.75) is 24.3 Å². The smallest absolute Gasteiger partial charge is 0.312 e. The van der Waals surface area contributed by atoms with E-state index in [4.69, 9.17) is 0 Å². The molecule has 1 unspecified atom stereocenters. The highest BCUT2D eigenvalue weighted by atomic mass is 32.2. The van der Waals surface area contributed by atoms with Crippen LogP contribution in [0.3, 0.4) is 0 Å². The van der Waals surface area contributed by atoms with Crippen LogP contribution in [0.1, 0.15) is 34.3 Å². The SMILES string of the molecule is CCSc1ccc([N+](=O)[O-])cc1C(=O)N1Cc2ccccc2C(C(=O)O)C1. The Kier molecular flexibility index (Phi) is 5.46. The highest BCUT2D eigenvalue weighted by Gasteiger charge is 2.33. The van der Waals surface area contributed by atoms with E-state index in [9.17, 15) is 24.8 Å². The number of carbonyl (C=O) groups excluding carboxylic acids is 1. The van der Waals surface area contributed by atoms with Crippen molar-refractivity contribution in [1.82, 2.24) is 4.90 Å². The van der Waals surface area contributed by atoms with E-state index in [-0.39, 0.29) is 24.3 Å². The third-order valence-corrected chi connectivity index (χ3v) is 5.44. The van der Waals surface area contributed by atoms with Gasteiger partial charge in [0.2, 0.25) is 0 Å². The summed E-state index contributed by atoms with van der Waals surface area (Å²) in [7, 11) is 0. The summed E-state index contributed by atoms with van der Waals surface area (Å²) >= 11 is 1.42. The predicted molar refractivity (Wildman–Crippen MR) is 101 cm³/mol. The fraction of sp³-hybridized carbons (Fsp3) is 0.263. The zero-order valence-corrected chi connectivity index (χ0v) is 15.4. The van der Waals surface area contributed by atoms with Crippen molar-refractivity contribution in [1.29, 1.82) is 0 Å². The standard InChI is InChI=1S/C19H18N2O5S/c1-2-27-17-8-7-13(21(25)26)9-15(17)18(22)20-10-12-5-3-4-6-14(12)16(11-20)19(23)24/h3-9,16H,2,10-11H2,1H3,(H,23,24). The van der Waals surface area contributed by atoms with Crippen LogP contribution in [-0.2, 0) is 11.3 Å². The van der Waals surface area contributed by atoms with Crippen molar-refractivity contribution in [2.75, 3.05) is 12.3 Å². The fourth-order valence-electron chi connectivity index (χ4n) is 3.22. The summed E-state index contributed by atoms with van der Waals surface area (Å²) in [6, 6.07) is 11.4. The number of carboxylic acid groups (broad SMARTS) is 1. The molecule has 1 atom stereocenters. The van der Waals surface area contributed by atoms with Crippen molar-refractivity contribution in [3.05, 3.63) is 69.3 Å². The van der Waals surface area contributed by atoms with Crippen LogP contribution in [0.4, 0.5) is 5.69 Å². The van der Waals surface area contributed by atoms with Gasteiger partial charge in [-0.25, -0.2) is 0 Å². The molecule has 0 aliphatic carbocycles. The molecule has 1 N–H and O–H groups in total. The summed E-state index contributed by atoms with van der Waals surface area (Å²) in [4.78, 5) is 37.5. The summed E-state index contributed by atoms with van der Waals surface area (Å²) < 4.78 is 0. The minimum atomic E-state index is -0.998. The largest absolute Gasteiger partial charge is 0.481 e. The molecule has 3 rings (SSSR count). The molecule has 7 nitrogen and oxygen atoms in total. The topological polar surface area (TPSA) is 101 Å². The van der Waals surface area contributed by atoms with Gasteiger partial charge in [-0.2, -0.15) is 0 Å². The van der Waals surface area contributed by atoms with E-state index in [1.165, 1.54) is 28.8 Å². The zero-order valence-electron chi connectivity index (χ0n) is 14.6. The summed E-state index contributed by atoms with van der Waals surface area (Å²) in [5.74, 6) is -1.50. The first-order chi connectivity index (χ1) is 12.9. The Morgan fingerprint density at radius 1 is 1.30 bits per heavy atom. The number of nitrogens with zero attached hydrogens (tertiary/aromatic N) is 2. The number of carboxylic acids is 1. The Labute approximate surface area is 160 Å². The van der Waals surface area contributed by atoms with Gasteiger partial charge in [0.15, 0.2) is 0 Å². The minimum Gasteiger partial charge on any atom is -0.481 e. The normalized spacial score (nSPS) is 15.9. The Morgan fingerprint density at radius 3 is 2.70 bits per heavy atom. The number of amides is 1. The van der Waals surface area contributed by atoms with Gasteiger partial charge in [0.1, 0.15) is 0 Å². The highest BCUT2D eigenvalue weighted by molar-refractivity contribution is 7.99. The molecule has 27 heavy (non-hydrogen) atoms. The van der Waals surface area contributed by atoms with Gasteiger partial charge >= 0.3 is 5.97 Å². The first kappa shape index (κ1) is 18.9. The maximum Gasteiger partial charge on any atom is 0.312 e. The van der Waals surface area contributed by atoms with Gasteiger partial charge in [0.05, 0.1) is 16.4 Å². The third-order valence-electron chi connectivity index (χ3n) is 4.48. The van der Waals surface area contributed by atoms with Crippen LogP contribution in [0.15, 0.2) is 47.4 Å². The van der Waals surface area contributed by atoms with Crippen LogP contribution in [0.2, 0.25) is 0 Å². The van der Waals surface area contributed by atoms with Crippen LogP contribution in [0.5, 0.6) is 0 Å². The molecule has 1 amide bonds. The molecular weight excluding hydrogens is 368 g/mol. The molecule has 0 radical (unpaired) electrons. The number of thioether (sulfide) groups is 1.